The number of carbonyl (C=O) groups is 1. The van der Waals surface area contributed by atoms with Crippen molar-refractivity contribution in [2.45, 2.75) is 0 Å². The van der Waals surface area contributed by atoms with Crippen molar-refractivity contribution >= 4 is 33.9 Å². The molecule has 0 aromatic heterocycles. The number of aliphatic imine (C=N–C) groups is 1. The third-order valence-electron chi connectivity index (χ3n) is 1.72. The van der Waals surface area contributed by atoms with E-state index in [9.17, 15) is 9.18 Å². The molecule has 0 spiro atoms. The van der Waals surface area contributed by atoms with Crippen LogP contribution >= 0.6 is 15.9 Å². The van der Waals surface area contributed by atoms with Crippen molar-refractivity contribution in [3.63, 3.8) is 0 Å². The summed E-state index contributed by atoms with van der Waals surface area (Å²) in [7, 11) is 3.42. The van der Waals surface area contributed by atoms with Crippen LogP contribution in [0.5, 0.6) is 0 Å². The van der Waals surface area contributed by atoms with E-state index in [2.05, 4.69) is 20.9 Å². The highest BCUT2D eigenvalue weighted by Crippen LogP contribution is 2.29. The molecule has 0 aliphatic heterocycles. The second-order valence-corrected chi connectivity index (χ2v) is 4.13. The molecule has 4 nitrogen and oxygen atoms in total. The standard InChI is InChI=1S/C10H10BrFN2O2/c1-14(2)5-13-9-6(10(15)16)3-4-7(11)8(9)12/h3-5H,1-2H3,(H,15,16)/b13-5+. The number of hydrogen-bond donors (Lipinski definition) is 1. The molecule has 0 saturated carbocycles. The third kappa shape index (κ3) is 2.79. The first-order valence-electron chi connectivity index (χ1n) is 4.35. The van der Waals surface area contributed by atoms with Crippen LogP contribution in [0.1, 0.15) is 10.4 Å². The predicted octanol–water partition coefficient (Wildman–Crippen LogP) is 2.51. The first-order valence-corrected chi connectivity index (χ1v) is 5.14. The van der Waals surface area contributed by atoms with Crippen molar-refractivity contribution in [3.8, 4) is 0 Å². The number of halogens is 2. The molecule has 1 aromatic rings. The van der Waals surface area contributed by atoms with E-state index in [1.165, 1.54) is 18.5 Å². The zero-order chi connectivity index (χ0) is 12.3. The van der Waals surface area contributed by atoms with E-state index in [4.69, 9.17) is 5.11 Å². The highest BCUT2D eigenvalue weighted by atomic mass is 79.9. The maximum Gasteiger partial charge on any atom is 0.338 e. The van der Waals surface area contributed by atoms with Crippen molar-refractivity contribution in [3.05, 3.63) is 28.0 Å². The minimum Gasteiger partial charge on any atom is -0.478 e. The van der Waals surface area contributed by atoms with Crippen LogP contribution in [-0.4, -0.2) is 36.4 Å². The van der Waals surface area contributed by atoms with Crippen molar-refractivity contribution in [1.82, 2.24) is 4.90 Å². The van der Waals surface area contributed by atoms with Crippen LogP contribution in [0.4, 0.5) is 10.1 Å². The Kier molecular flexibility index (Phi) is 4.00. The molecule has 0 unspecified atom stereocenters. The number of carboxylic acids is 1. The summed E-state index contributed by atoms with van der Waals surface area (Å²) in [4.78, 5) is 16.3. The Bertz CT molecular complexity index is 447. The topological polar surface area (TPSA) is 52.9 Å². The second kappa shape index (κ2) is 5.07. The molecule has 16 heavy (non-hydrogen) atoms. The van der Waals surface area contributed by atoms with Crippen LogP contribution in [0, 0.1) is 5.82 Å². The number of rotatable bonds is 3. The molecule has 1 aromatic carbocycles. The van der Waals surface area contributed by atoms with Gasteiger partial charge < -0.3 is 10.0 Å². The van der Waals surface area contributed by atoms with Gasteiger partial charge in [-0.25, -0.2) is 14.2 Å². The molecule has 0 radical (unpaired) electrons. The van der Waals surface area contributed by atoms with Crippen molar-refractivity contribution < 1.29 is 14.3 Å². The highest BCUT2D eigenvalue weighted by Gasteiger charge is 2.16. The van der Waals surface area contributed by atoms with Crippen LogP contribution < -0.4 is 0 Å². The Balaban J connectivity index is 3.32. The maximum absolute atomic E-state index is 13.6. The van der Waals surface area contributed by atoms with Crippen molar-refractivity contribution in [2.75, 3.05) is 14.1 Å². The average Bonchev–Trinajstić information content (AvgIpc) is 2.19. The SMILES string of the molecule is CN(C)/C=N/c1c(C(=O)O)ccc(Br)c1F. The molecule has 1 rings (SSSR count). The average molecular weight is 289 g/mol. The maximum atomic E-state index is 13.6. The van der Waals surface area contributed by atoms with Crippen LogP contribution in [0.2, 0.25) is 0 Å². The lowest BCUT2D eigenvalue weighted by molar-refractivity contribution is 0.0697. The summed E-state index contributed by atoms with van der Waals surface area (Å²) in [5.41, 5.74) is -0.352. The van der Waals surface area contributed by atoms with E-state index >= 15 is 0 Å². The monoisotopic (exact) mass is 288 g/mol. The van der Waals surface area contributed by atoms with Crippen molar-refractivity contribution in [1.29, 1.82) is 0 Å². The van der Waals surface area contributed by atoms with Crippen LogP contribution in [-0.2, 0) is 0 Å². The summed E-state index contributed by atoms with van der Waals surface area (Å²) >= 11 is 2.98. The molecule has 0 atom stereocenters. The number of benzene rings is 1. The van der Waals surface area contributed by atoms with Crippen molar-refractivity contribution in [2.24, 2.45) is 4.99 Å². The first-order chi connectivity index (χ1) is 7.43. The Morgan fingerprint density at radius 3 is 2.69 bits per heavy atom. The van der Waals surface area contributed by atoms with Crippen LogP contribution in [0.25, 0.3) is 0 Å². The second-order valence-electron chi connectivity index (χ2n) is 3.27. The Hall–Kier alpha value is -1.43. The van der Waals surface area contributed by atoms with Gasteiger partial charge in [-0.2, -0.15) is 0 Å². The minimum atomic E-state index is -1.21. The zero-order valence-corrected chi connectivity index (χ0v) is 10.3. The molecular formula is C10H10BrFN2O2. The smallest absolute Gasteiger partial charge is 0.338 e. The highest BCUT2D eigenvalue weighted by molar-refractivity contribution is 9.10. The Morgan fingerprint density at radius 2 is 2.19 bits per heavy atom. The molecule has 0 fully saturated rings. The fraction of sp³-hybridized carbons (Fsp3) is 0.200. The molecule has 6 heteroatoms. The van der Waals surface area contributed by atoms with E-state index in [0.29, 0.717) is 0 Å². The summed E-state index contributed by atoms with van der Waals surface area (Å²) in [6, 6.07) is 2.64. The molecular weight excluding hydrogens is 279 g/mol. The Morgan fingerprint density at radius 1 is 1.56 bits per heavy atom. The summed E-state index contributed by atoms with van der Waals surface area (Å²) in [5.74, 6) is -1.89. The first kappa shape index (κ1) is 12.6. The van der Waals surface area contributed by atoms with Gasteiger partial charge in [-0.05, 0) is 28.1 Å². The molecule has 1 N–H and O–H groups in total. The molecule has 0 amide bonds. The lowest BCUT2D eigenvalue weighted by atomic mass is 10.2. The van der Waals surface area contributed by atoms with E-state index in [-0.39, 0.29) is 15.7 Å². The van der Waals surface area contributed by atoms with E-state index in [1.807, 2.05) is 0 Å². The van der Waals surface area contributed by atoms with E-state index in [1.54, 1.807) is 19.0 Å². The van der Waals surface area contributed by atoms with Gasteiger partial charge in [0.2, 0.25) is 0 Å². The summed E-state index contributed by atoms with van der Waals surface area (Å²) < 4.78 is 13.8. The summed E-state index contributed by atoms with van der Waals surface area (Å²) in [5, 5.41) is 8.88. The van der Waals surface area contributed by atoms with Gasteiger partial charge >= 0.3 is 5.97 Å². The fourth-order valence-electron chi connectivity index (χ4n) is 1.01. The van der Waals surface area contributed by atoms with Crippen LogP contribution in [0.15, 0.2) is 21.6 Å². The van der Waals surface area contributed by atoms with Crippen LogP contribution in [0.3, 0.4) is 0 Å². The molecule has 0 aliphatic carbocycles. The van der Waals surface area contributed by atoms with E-state index in [0.717, 1.165) is 0 Å². The number of nitrogens with zero attached hydrogens (tertiary/aromatic N) is 2. The summed E-state index contributed by atoms with van der Waals surface area (Å²) in [6.07, 6.45) is 1.34. The van der Waals surface area contributed by atoms with Gasteiger partial charge in [-0.15, -0.1) is 0 Å². The van der Waals surface area contributed by atoms with Gasteiger partial charge in [-0.1, -0.05) is 0 Å². The molecule has 0 heterocycles. The fourth-order valence-corrected chi connectivity index (χ4v) is 1.33. The third-order valence-corrected chi connectivity index (χ3v) is 2.33. The zero-order valence-electron chi connectivity index (χ0n) is 8.74. The number of aromatic carboxylic acids is 1. The largest absolute Gasteiger partial charge is 0.478 e. The number of carboxylic acid groups (broad SMARTS) is 1. The van der Waals surface area contributed by atoms with Gasteiger partial charge in [0.15, 0.2) is 5.82 Å². The lowest BCUT2D eigenvalue weighted by Gasteiger charge is -2.06. The van der Waals surface area contributed by atoms with E-state index < -0.39 is 11.8 Å². The normalized spacial score (nSPS) is 10.8. The van der Waals surface area contributed by atoms with Gasteiger partial charge in [-0.3, -0.25) is 0 Å². The number of hydrogen-bond acceptors (Lipinski definition) is 2. The van der Waals surface area contributed by atoms with Gasteiger partial charge in [0.05, 0.1) is 16.4 Å². The quantitative estimate of drug-likeness (QED) is 0.687. The molecule has 0 bridgehead atoms. The Labute approximate surface area is 101 Å². The predicted molar refractivity (Wildman–Crippen MR) is 62.9 cm³/mol. The molecule has 0 aliphatic rings. The van der Waals surface area contributed by atoms with Gasteiger partial charge in [0.25, 0.3) is 0 Å². The molecule has 86 valence electrons. The lowest BCUT2D eigenvalue weighted by Crippen LogP contribution is -2.08. The molecule has 0 saturated heterocycles. The summed E-state index contributed by atoms with van der Waals surface area (Å²) in [6.45, 7) is 0. The van der Waals surface area contributed by atoms with Gasteiger partial charge in [0.1, 0.15) is 5.69 Å². The minimum absolute atomic E-state index is 0.168. The van der Waals surface area contributed by atoms with Gasteiger partial charge in [0, 0.05) is 14.1 Å².